The zero-order valence-electron chi connectivity index (χ0n) is 18.3. The molecule has 164 valence electrons. The molecule has 0 bridgehead atoms. The molecule has 3 rings (SSSR count). The van der Waals surface area contributed by atoms with Gasteiger partial charge in [-0.3, -0.25) is 4.79 Å². The van der Waals surface area contributed by atoms with Crippen LogP contribution in [0.3, 0.4) is 0 Å². The van der Waals surface area contributed by atoms with Crippen LogP contribution in [-0.2, 0) is 17.8 Å². The summed E-state index contributed by atoms with van der Waals surface area (Å²) in [6.45, 7) is 7.27. The number of aromatic nitrogens is 3. The van der Waals surface area contributed by atoms with Crippen LogP contribution in [0.25, 0.3) is 0 Å². The second-order valence-electron chi connectivity index (χ2n) is 7.06. The number of rotatable bonds is 10. The van der Waals surface area contributed by atoms with Crippen LogP contribution in [-0.4, -0.2) is 40.1 Å². The van der Waals surface area contributed by atoms with Gasteiger partial charge in [0.2, 0.25) is 5.91 Å². The summed E-state index contributed by atoms with van der Waals surface area (Å²) >= 11 is 1.56. The van der Waals surface area contributed by atoms with E-state index >= 15 is 0 Å². The number of carbonyl (C=O) groups excluding carboxylic acids is 1. The van der Waals surface area contributed by atoms with Crippen molar-refractivity contribution in [1.29, 1.82) is 0 Å². The van der Waals surface area contributed by atoms with E-state index in [0.717, 1.165) is 33.7 Å². The Balaban J connectivity index is 1.52. The summed E-state index contributed by atoms with van der Waals surface area (Å²) < 4.78 is 12.9. The van der Waals surface area contributed by atoms with Gasteiger partial charge in [0, 0.05) is 18.0 Å². The molecule has 8 heteroatoms. The third-order valence-corrected chi connectivity index (χ3v) is 5.66. The first kappa shape index (κ1) is 22.7. The Morgan fingerprint density at radius 3 is 2.52 bits per heavy atom. The Morgan fingerprint density at radius 2 is 1.84 bits per heavy atom. The number of methoxy groups -OCH3 is 1. The Morgan fingerprint density at radius 1 is 1.10 bits per heavy atom. The summed E-state index contributed by atoms with van der Waals surface area (Å²) in [6, 6.07) is 13.5. The molecule has 0 spiro atoms. The van der Waals surface area contributed by atoms with Crippen molar-refractivity contribution in [2.45, 2.75) is 38.9 Å². The monoisotopic (exact) mass is 440 g/mol. The maximum atomic E-state index is 12.5. The van der Waals surface area contributed by atoms with Crippen molar-refractivity contribution in [2.75, 3.05) is 24.8 Å². The van der Waals surface area contributed by atoms with Crippen LogP contribution < -0.4 is 14.8 Å². The number of carbonyl (C=O) groups is 1. The normalized spacial score (nSPS) is 10.7. The van der Waals surface area contributed by atoms with Crippen LogP contribution in [0, 0.1) is 13.8 Å². The van der Waals surface area contributed by atoms with Crippen LogP contribution in [0.5, 0.6) is 11.5 Å². The Hall–Kier alpha value is -3.00. The number of aryl methyl sites for hydroxylation is 2. The lowest BCUT2D eigenvalue weighted by atomic mass is 10.1. The minimum atomic E-state index is -0.103. The standard InChI is InChI=1S/C23H28N4O3S/c1-5-27-21(15-22(28)24-20-11-6-16(2)14-17(20)3)25-26-23(27)31-13-12-30-19-9-7-18(29-4)8-10-19/h6-11,14H,5,12-13,15H2,1-4H3,(H,24,28). The third-order valence-electron chi connectivity index (χ3n) is 4.73. The van der Waals surface area contributed by atoms with E-state index in [1.54, 1.807) is 18.9 Å². The average molecular weight is 441 g/mol. The summed E-state index contributed by atoms with van der Waals surface area (Å²) in [5.74, 6) is 2.87. The summed E-state index contributed by atoms with van der Waals surface area (Å²) in [5.41, 5.74) is 3.03. The van der Waals surface area contributed by atoms with Crippen LogP contribution in [0.4, 0.5) is 5.69 Å². The van der Waals surface area contributed by atoms with Gasteiger partial charge in [0.05, 0.1) is 20.1 Å². The smallest absolute Gasteiger partial charge is 0.232 e. The van der Waals surface area contributed by atoms with Crippen molar-refractivity contribution in [3.8, 4) is 11.5 Å². The van der Waals surface area contributed by atoms with E-state index in [2.05, 4.69) is 15.5 Å². The van der Waals surface area contributed by atoms with Gasteiger partial charge in [-0.1, -0.05) is 29.5 Å². The van der Waals surface area contributed by atoms with E-state index in [1.165, 1.54) is 5.56 Å². The van der Waals surface area contributed by atoms with E-state index in [-0.39, 0.29) is 12.3 Å². The fraction of sp³-hybridized carbons (Fsp3) is 0.348. The molecule has 0 fully saturated rings. The number of thioether (sulfide) groups is 1. The number of hydrogen-bond donors (Lipinski definition) is 1. The second-order valence-corrected chi connectivity index (χ2v) is 8.12. The van der Waals surface area contributed by atoms with Gasteiger partial charge in [0.1, 0.15) is 17.3 Å². The van der Waals surface area contributed by atoms with Gasteiger partial charge in [0.15, 0.2) is 5.16 Å². The molecule has 0 atom stereocenters. The molecule has 1 aromatic heterocycles. The second kappa shape index (κ2) is 10.9. The average Bonchev–Trinajstić information content (AvgIpc) is 3.14. The molecule has 0 aliphatic carbocycles. The summed E-state index contributed by atoms with van der Waals surface area (Å²) in [5, 5.41) is 12.3. The van der Waals surface area contributed by atoms with Crippen molar-refractivity contribution in [2.24, 2.45) is 0 Å². The van der Waals surface area contributed by atoms with Crippen LogP contribution in [0.2, 0.25) is 0 Å². The van der Waals surface area contributed by atoms with Crippen LogP contribution in [0.15, 0.2) is 47.6 Å². The first-order valence-electron chi connectivity index (χ1n) is 10.2. The van der Waals surface area contributed by atoms with Crippen molar-refractivity contribution in [3.63, 3.8) is 0 Å². The molecule has 0 saturated heterocycles. The maximum Gasteiger partial charge on any atom is 0.232 e. The molecule has 1 N–H and O–H groups in total. The number of amides is 1. The summed E-state index contributed by atoms with van der Waals surface area (Å²) in [6.07, 6.45) is 0.178. The first-order valence-corrected chi connectivity index (χ1v) is 11.2. The van der Waals surface area contributed by atoms with E-state index in [1.807, 2.05) is 67.8 Å². The van der Waals surface area contributed by atoms with E-state index in [0.29, 0.717) is 19.0 Å². The highest BCUT2D eigenvalue weighted by Crippen LogP contribution is 2.21. The van der Waals surface area contributed by atoms with Gasteiger partial charge in [-0.25, -0.2) is 0 Å². The highest BCUT2D eigenvalue weighted by molar-refractivity contribution is 7.99. The number of hydrogen-bond acceptors (Lipinski definition) is 6. The van der Waals surface area contributed by atoms with E-state index < -0.39 is 0 Å². The number of ether oxygens (including phenoxy) is 2. The van der Waals surface area contributed by atoms with E-state index in [9.17, 15) is 4.79 Å². The van der Waals surface area contributed by atoms with Gasteiger partial charge < -0.3 is 19.4 Å². The highest BCUT2D eigenvalue weighted by Gasteiger charge is 2.15. The number of benzene rings is 2. The summed E-state index contributed by atoms with van der Waals surface area (Å²) in [4.78, 5) is 12.5. The molecular weight excluding hydrogens is 412 g/mol. The predicted molar refractivity (Wildman–Crippen MR) is 123 cm³/mol. The fourth-order valence-corrected chi connectivity index (χ4v) is 3.97. The highest BCUT2D eigenvalue weighted by atomic mass is 32.2. The molecule has 7 nitrogen and oxygen atoms in total. The molecule has 0 unspecified atom stereocenters. The van der Waals surface area contributed by atoms with Crippen molar-refractivity contribution in [1.82, 2.24) is 14.8 Å². The molecule has 0 aliphatic heterocycles. The van der Waals surface area contributed by atoms with Gasteiger partial charge in [-0.15, -0.1) is 10.2 Å². The molecule has 3 aromatic rings. The van der Waals surface area contributed by atoms with E-state index in [4.69, 9.17) is 9.47 Å². The molecule has 0 saturated carbocycles. The van der Waals surface area contributed by atoms with Crippen LogP contribution in [0.1, 0.15) is 23.9 Å². The molecule has 31 heavy (non-hydrogen) atoms. The molecule has 2 aromatic carbocycles. The minimum absolute atomic E-state index is 0.103. The lowest BCUT2D eigenvalue weighted by Crippen LogP contribution is -2.18. The quantitative estimate of drug-likeness (QED) is 0.375. The van der Waals surface area contributed by atoms with Gasteiger partial charge >= 0.3 is 0 Å². The van der Waals surface area contributed by atoms with Crippen molar-refractivity contribution in [3.05, 3.63) is 59.4 Å². The Kier molecular flexibility index (Phi) is 7.94. The molecular formula is C23H28N4O3S. The predicted octanol–water partition coefficient (Wildman–Crippen LogP) is 4.28. The number of anilines is 1. The largest absolute Gasteiger partial charge is 0.497 e. The SMILES string of the molecule is CCn1c(CC(=O)Nc2ccc(C)cc2C)nnc1SCCOc1ccc(OC)cc1. The first-order chi connectivity index (χ1) is 15.0. The topological polar surface area (TPSA) is 78.3 Å². The number of nitrogens with one attached hydrogen (secondary N) is 1. The van der Waals surface area contributed by atoms with Crippen molar-refractivity contribution >= 4 is 23.4 Å². The summed E-state index contributed by atoms with van der Waals surface area (Å²) in [7, 11) is 1.64. The minimum Gasteiger partial charge on any atom is -0.497 e. The maximum absolute atomic E-state index is 12.5. The zero-order chi connectivity index (χ0) is 22.2. The lowest BCUT2D eigenvalue weighted by molar-refractivity contribution is -0.115. The molecule has 1 heterocycles. The lowest BCUT2D eigenvalue weighted by Gasteiger charge is -2.10. The van der Waals surface area contributed by atoms with Gasteiger partial charge in [-0.2, -0.15) is 0 Å². The Bertz CT molecular complexity index is 1020. The van der Waals surface area contributed by atoms with Crippen molar-refractivity contribution < 1.29 is 14.3 Å². The van der Waals surface area contributed by atoms with Gasteiger partial charge in [0.25, 0.3) is 0 Å². The molecule has 0 radical (unpaired) electrons. The number of nitrogens with zero attached hydrogens (tertiary/aromatic N) is 3. The third kappa shape index (κ3) is 6.24. The Labute approximate surface area is 187 Å². The van der Waals surface area contributed by atoms with Gasteiger partial charge in [-0.05, 0) is 56.7 Å². The zero-order valence-corrected chi connectivity index (χ0v) is 19.2. The van der Waals surface area contributed by atoms with Crippen LogP contribution >= 0.6 is 11.8 Å². The molecule has 1 amide bonds. The fourth-order valence-electron chi connectivity index (χ4n) is 3.13. The molecule has 0 aliphatic rings.